The predicted molar refractivity (Wildman–Crippen MR) is 64.9 cm³/mol. The molecule has 0 atom stereocenters. The van der Waals surface area contributed by atoms with Gasteiger partial charge in [0.15, 0.2) is 0 Å². The van der Waals surface area contributed by atoms with Gasteiger partial charge >= 0.3 is 12.1 Å². The Hall–Kier alpha value is -1.72. The molecule has 6 N–H and O–H groups in total. The van der Waals surface area contributed by atoms with Gasteiger partial charge in [-0.1, -0.05) is 25.8 Å². The Bertz CT molecular complexity index is 207. The van der Waals surface area contributed by atoms with E-state index in [-0.39, 0.29) is 0 Å². The molecule has 0 rings (SSSR count). The van der Waals surface area contributed by atoms with E-state index in [0.29, 0.717) is 13.1 Å². The van der Waals surface area contributed by atoms with Crippen LogP contribution in [-0.4, -0.2) is 25.2 Å². The summed E-state index contributed by atoms with van der Waals surface area (Å²) in [4.78, 5) is 19.9. The number of primary amides is 2. The molecule has 0 fully saturated rings. The molecule has 16 heavy (non-hydrogen) atoms. The second kappa shape index (κ2) is 13.3. The maximum absolute atomic E-state index is 10.1. The summed E-state index contributed by atoms with van der Waals surface area (Å²) in [5.74, 6) is 0. The largest absolute Gasteiger partial charge is 0.352 e. The van der Waals surface area contributed by atoms with E-state index in [1.807, 2.05) is 0 Å². The minimum absolute atomic E-state index is 0.425. The van der Waals surface area contributed by atoms with E-state index in [2.05, 4.69) is 29.9 Å². The van der Waals surface area contributed by atoms with Gasteiger partial charge in [-0.25, -0.2) is 9.59 Å². The highest BCUT2D eigenvalue weighted by molar-refractivity contribution is 5.71. The summed E-state index contributed by atoms with van der Waals surface area (Å²) in [6, 6.07) is -0.939. The molecule has 0 aromatic heterocycles. The number of rotatable bonds is 6. The van der Waals surface area contributed by atoms with Crippen LogP contribution in [-0.2, 0) is 0 Å². The zero-order chi connectivity index (χ0) is 12.8. The standard InChI is InChI=1S/C6H14N2O.C4H8N2O/c1-2-3-4-5-8-6(7)9;1-2-3-6-4(5)7/h2-5H2,1H3,(H3,7,8,9);2H,1,3H2,(H3,5,6,7). The fraction of sp³-hybridized carbons (Fsp3) is 0.600. The number of hydrogen-bond donors (Lipinski definition) is 4. The van der Waals surface area contributed by atoms with E-state index in [4.69, 9.17) is 5.73 Å². The lowest BCUT2D eigenvalue weighted by atomic mass is 10.2. The van der Waals surface area contributed by atoms with Crippen molar-refractivity contribution in [1.29, 1.82) is 0 Å². The summed E-state index contributed by atoms with van der Waals surface area (Å²) in [7, 11) is 0. The Morgan fingerprint density at radius 2 is 1.75 bits per heavy atom. The van der Waals surface area contributed by atoms with Gasteiger partial charge in [-0.3, -0.25) is 0 Å². The third kappa shape index (κ3) is 22.8. The zero-order valence-corrected chi connectivity index (χ0v) is 9.79. The first kappa shape index (κ1) is 16.7. The van der Waals surface area contributed by atoms with Crippen molar-refractivity contribution >= 4 is 12.1 Å². The van der Waals surface area contributed by atoms with E-state index in [0.717, 1.165) is 12.8 Å². The molecule has 0 radical (unpaired) electrons. The number of nitrogens with two attached hydrogens (primary N) is 2. The quantitative estimate of drug-likeness (QED) is 0.397. The van der Waals surface area contributed by atoms with Gasteiger partial charge in [-0.2, -0.15) is 0 Å². The molecule has 6 nitrogen and oxygen atoms in total. The van der Waals surface area contributed by atoms with Crippen molar-refractivity contribution in [3.63, 3.8) is 0 Å². The van der Waals surface area contributed by atoms with Crippen LogP contribution in [0.2, 0.25) is 0 Å². The van der Waals surface area contributed by atoms with Crippen LogP contribution in [0.25, 0.3) is 0 Å². The molecule has 6 heteroatoms. The smallest absolute Gasteiger partial charge is 0.312 e. The highest BCUT2D eigenvalue weighted by Gasteiger charge is 1.88. The summed E-state index contributed by atoms with van der Waals surface area (Å²) in [6.45, 7) is 6.63. The molecule has 0 aromatic rings. The molecule has 0 saturated carbocycles. The van der Waals surface area contributed by atoms with Gasteiger partial charge in [0, 0.05) is 13.1 Å². The molecule has 0 aliphatic heterocycles. The van der Waals surface area contributed by atoms with Gasteiger partial charge in [0.05, 0.1) is 0 Å². The lowest BCUT2D eigenvalue weighted by Crippen LogP contribution is -2.29. The molecule has 4 amide bonds. The molecular formula is C10H22N4O2. The Morgan fingerprint density at radius 3 is 2.06 bits per heavy atom. The van der Waals surface area contributed by atoms with E-state index < -0.39 is 12.1 Å². The van der Waals surface area contributed by atoms with E-state index >= 15 is 0 Å². The molecule has 0 unspecified atom stereocenters. The fourth-order valence-corrected chi connectivity index (χ4v) is 0.759. The molecule has 0 aliphatic rings. The predicted octanol–water partition coefficient (Wildman–Crippen LogP) is 0.686. The van der Waals surface area contributed by atoms with E-state index in [1.165, 1.54) is 6.42 Å². The highest BCUT2D eigenvalue weighted by atomic mass is 16.2. The Labute approximate surface area is 96.4 Å². The zero-order valence-electron chi connectivity index (χ0n) is 9.79. The second-order valence-electron chi connectivity index (χ2n) is 3.03. The Kier molecular flexibility index (Phi) is 13.9. The summed E-state index contributed by atoms with van der Waals surface area (Å²) in [5, 5.41) is 4.84. The van der Waals surface area contributed by atoms with E-state index in [1.54, 1.807) is 6.08 Å². The molecule has 0 aromatic carbocycles. The van der Waals surface area contributed by atoms with Crippen molar-refractivity contribution < 1.29 is 9.59 Å². The van der Waals surface area contributed by atoms with Gasteiger partial charge < -0.3 is 22.1 Å². The second-order valence-corrected chi connectivity index (χ2v) is 3.03. The van der Waals surface area contributed by atoms with Crippen molar-refractivity contribution in [2.75, 3.05) is 13.1 Å². The number of carbonyl (C=O) groups excluding carboxylic acids is 2. The highest BCUT2D eigenvalue weighted by Crippen LogP contribution is 1.90. The van der Waals surface area contributed by atoms with E-state index in [9.17, 15) is 9.59 Å². The van der Waals surface area contributed by atoms with Crippen LogP contribution in [0.5, 0.6) is 0 Å². The average Bonchev–Trinajstić information content (AvgIpc) is 2.22. The van der Waals surface area contributed by atoms with Crippen LogP contribution in [0.4, 0.5) is 9.59 Å². The Balaban J connectivity index is 0. The van der Waals surface area contributed by atoms with Gasteiger partial charge in [-0.05, 0) is 6.42 Å². The van der Waals surface area contributed by atoms with Gasteiger partial charge in [0.1, 0.15) is 0 Å². The lowest BCUT2D eigenvalue weighted by molar-refractivity contribution is 0.248. The minimum Gasteiger partial charge on any atom is -0.352 e. The van der Waals surface area contributed by atoms with Crippen LogP contribution in [0.15, 0.2) is 12.7 Å². The lowest BCUT2D eigenvalue weighted by Gasteiger charge is -1.97. The maximum Gasteiger partial charge on any atom is 0.312 e. The molecule has 0 aliphatic carbocycles. The number of amides is 4. The van der Waals surface area contributed by atoms with Gasteiger partial charge in [0.25, 0.3) is 0 Å². The third-order valence-corrected chi connectivity index (χ3v) is 1.50. The molecule has 0 saturated heterocycles. The van der Waals surface area contributed by atoms with Crippen molar-refractivity contribution in [3.8, 4) is 0 Å². The number of urea groups is 2. The molecule has 0 spiro atoms. The normalized spacial score (nSPS) is 8.31. The van der Waals surface area contributed by atoms with Gasteiger partial charge in [-0.15, -0.1) is 6.58 Å². The first-order valence-corrected chi connectivity index (χ1v) is 5.22. The van der Waals surface area contributed by atoms with Crippen LogP contribution >= 0.6 is 0 Å². The van der Waals surface area contributed by atoms with Crippen LogP contribution in [0.3, 0.4) is 0 Å². The van der Waals surface area contributed by atoms with Crippen LogP contribution < -0.4 is 22.1 Å². The summed E-state index contributed by atoms with van der Waals surface area (Å²) >= 11 is 0. The van der Waals surface area contributed by atoms with Crippen molar-refractivity contribution in [1.82, 2.24) is 10.6 Å². The third-order valence-electron chi connectivity index (χ3n) is 1.50. The molecule has 94 valence electrons. The summed E-state index contributed by atoms with van der Waals surface area (Å²) < 4.78 is 0. The molecular weight excluding hydrogens is 208 g/mol. The minimum atomic E-state index is -0.514. The number of nitrogens with one attached hydrogen (secondary N) is 2. The SMILES string of the molecule is C=CCNC(N)=O.CCCCCNC(N)=O. The number of carbonyl (C=O) groups is 2. The first-order valence-electron chi connectivity index (χ1n) is 5.22. The molecule has 0 bridgehead atoms. The topological polar surface area (TPSA) is 110 Å². The van der Waals surface area contributed by atoms with Gasteiger partial charge in [0.2, 0.25) is 0 Å². The number of unbranched alkanes of at least 4 members (excludes halogenated alkanes) is 2. The van der Waals surface area contributed by atoms with Crippen LogP contribution in [0, 0.1) is 0 Å². The van der Waals surface area contributed by atoms with Crippen molar-refractivity contribution in [2.45, 2.75) is 26.2 Å². The Morgan fingerprint density at radius 1 is 1.19 bits per heavy atom. The summed E-state index contributed by atoms with van der Waals surface area (Å²) in [6.07, 6.45) is 4.91. The van der Waals surface area contributed by atoms with Crippen LogP contribution in [0.1, 0.15) is 26.2 Å². The maximum atomic E-state index is 10.1. The number of hydrogen-bond acceptors (Lipinski definition) is 2. The fourth-order valence-electron chi connectivity index (χ4n) is 0.759. The van der Waals surface area contributed by atoms with Crippen molar-refractivity contribution in [3.05, 3.63) is 12.7 Å². The van der Waals surface area contributed by atoms with Crippen molar-refractivity contribution in [2.24, 2.45) is 11.5 Å². The molecule has 0 heterocycles. The first-order chi connectivity index (χ1) is 7.54. The monoisotopic (exact) mass is 230 g/mol. The summed E-state index contributed by atoms with van der Waals surface area (Å²) in [5.41, 5.74) is 9.51. The average molecular weight is 230 g/mol.